The molecule has 5 nitrogen and oxygen atoms in total. The largest absolute Gasteiger partial charge is 0.497 e. The number of halogens is 1. The van der Waals surface area contributed by atoms with Crippen molar-refractivity contribution in [3.8, 4) is 11.5 Å². The van der Waals surface area contributed by atoms with E-state index in [1.807, 2.05) is 48.7 Å². The van der Waals surface area contributed by atoms with Gasteiger partial charge in [-0.25, -0.2) is 4.39 Å². The van der Waals surface area contributed by atoms with Gasteiger partial charge in [-0.2, -0.15) is 0 Å². The molecule has 0 saturated carbocycles. The number of carbonyl (C=O) groups excluding carboxylic acids is 1. The average Bonchev–Trinajstić information content (AvgIpc) is 3.24. The van der Waals surface area contributed by atoms with Crippen molar-refractivity contribution in [2.45, 2.75) is 13.0 Å². The lowest BCUT2D eigenvalue weighted by Gasteiger charge is -2.23. The summed E-state index contributed by atoms with van der Waals surface area (Å²) in [5, 5.41) is 1.05. The van der Waals surface area contributed by atoms with Gasteiger partial charge in [0.1, 0.15) is 17.3 Å². The van der Waals surface area contributed by atoms with Gasteiger partial charge >= 0.3 is 0 Å². The van der Waals surface area contributed by atoms with Gasteiger partial charge in [0.15, 0.2) is 0 Å². The highest BCUT2D eigenvalue weighted by molar-refractivity contribution is 5.94. The first-order valence-corrected chi connectivity index (χ1v) is 10.4. The van der Waals surface area contributed by atoms with E-state index in [1.54, 1.807) is 31.3 Å². The summed E-state index contributed by atoms with van der Waals surface area (Å²) in [4.78, 5) is 18.2. The van der Waals surface area contributed by atoms with Gasteiger partial charge in [-0.05, 0) is 60.0 Å². The second-order valence-electron chi connectivity index (χ2n) is 7.53. The third-order valence-corrected chi connectivity index (χ3v) is 5.55. The van der Waals surface area contributed by atoms with Gasteiger partial charge in [0.2, 0.25) is 0 Å². The van der Waals surface area contributed by atoms with Gasteiger partial charge in [0.05, 0.1) is 19.8 Å². The minimum Gasteiger partial charge on any atom is -0.497 e. The molecule has 32 heavy (non-hydrogen) atoms. The zero-order chi connectivity index (χ0) is 22.5. The lowest BCUT2D eigenvalue weighted by atomic mass is 10.1. The molecule has 0 atom stereocenters. The normalized spacial score (nSPS) is 10.8. The Hall–Kier alpha value is -3.80. The van der Waals surface area contributed by atoms with Gasteiger partial charge in [-0.1, -0.05) is 24.3 Å². The van der Waals surface area contributed by atoms with Crippen LogP contribution < -0.4 is 9.47 Å². The van der Waals surface area contributed by atoms with Crippen LogP contribution in [-0.4, -0.2) is 36.6 Å². The lowest BCUT2D eigenvalue weighted by molar-refractivity contribution is 0.0740. The Bertz CT molecular complexity index is 1220. The van der Waals surface area contributed by atoms with Crippen molar-refractivity contribution in [3.05, 3.63) is 95.4 Å². The quantitative estimate of drug-likeness (QED) is 0.416. The Morgan fingerprint density at radius 1 is 0.969 bits per heavy atom. The maximum Gasteiger partial charge on any atom is 0.257 e. The molecular formula is C26H25FN2O3. The number of hydrogen-bond donors (Lipinski definition) is 1. The van der Waals surface area contributed by atoms with Crippen molar-refractivity contribution >= 4 is 16.8 Å². The summed E-state index contributed by atoms with van der Waals surface area (Å²) in [6.07, 6.45) is 2.56. The predicted octanol–water partition coefficient (Wildman–Crippen LogP) is 5.21. The summed E-state index contributed by atoms with van der Waals surface area (Å²) in [6.45, 7) is 0.798. The van der Waals surface area contributed by atoms with Gasteiger partial charge in [-0.15, -0.1) is 0 Å². The van der Waals surface area contributed by atoms with Gasteiger partial charge < -0.3 is 19.4 Å². The number of hydrogen-bond acceptors (Lipinski definition) is 3. The zero-order valence-electron chi connectivity index (χ0n) is 18.1. The van der Waals surface area contributed by atoms with Gasteiger partial charge in [-0.3, -0.25) is 4.79 Å². The molecule has 1 amide bonds. The molecule has 0 radical (unpaired) electrons. The highest BCUT2D eigenvalue weighted by Gasteiger charge is 2.20. The number of amides is 1. The first kappa shape index (κ1) is 21.4. The monoisotopic (exact) mass is 432 g/mol. The number of ether oxygens (including phenoxy) is 2. The standard InChI is InChI=1S/C26H25FN2O3/c1-31-20-9-7-18(8-10-20)17-29(26(30)22-5-3-4-6-24(22)27)14-13-19-16-28-25-12-11-21(32-2)15-23(19)25/h3-12,15-16,28H,13-14,17H2,1-2H3. The molecule has 0 fully saturated rings. The Balaban J connectivity index is 1.60. The topological polar surface area (TPSA) is 54.6 Å². The number of benzene rings is 3. The van der Waals surface area contributed by atoms with Crippen LogP contribution in [0.2, 0.25) is 0 Å². The highest BCUT2D eigenvalue weighted by Crippen LogP contribution is 2.25. The smallest absolute Gasteiger partial charge is 0.257 e. The molecule has 0 aliphatic rings. The number of nitrogens with zero attached hydrogens (tertiary/aromatic N) is 1. The highest BCUT2D eigenvalue weighted by atomic mass is 19.1. The van der Waals surface area contributed by atoms with E-state index >= 15 is 0 Å². The Kier molecular flexibility index (Phi) is 6.40. The van der Waals surface area contributed by atoms with E-state index in [0.29, 0.717) is 19.5 Å². The van der Waals surface area contributed by atoms with E-state index in [1.165, 1.54) is 12.1 Å². The maximum atomic E-state index is 14.4. The number of fused-ring (bicyclic) bond motifs is 1. The molecule has 0 spiro atoms. The summed E-state index contributed by atoms with van der Waals surface area (Å²) in [6, 6.07) is 19.5. The molecular weight excluding hydrogens is 407 g/mol. The SMILES string of the molecule is COc1ccc(CN(CCc2c[nH]c3ccc(OC)cc23)C(=O)c2ccccc2F)cc1. The van der Waals surface area contributed by atoms with Gasteiger partial charge in [0, 0.05) is 30.2 Å². The number of aromatic amines is 1. The number of carbonyl (C=O) groups is 1. The maximum absolute atomic E-state index is 14.4. The van der Waals surface area contributed by atoms with Crippen molar-refractivity contribution in [1.29, 1.82) is 0 Å². The molecule has 4 aromatic rings. The first-order valence-electron chi connectivity index (χ1n) is 10.4. The van der Waals surface area contributed by atoms with Crippen LogP contribution in [0.1, 0.15) is 21.5 Å². The van der Waals surface area contributed by atoms with Crippen LogP contribution in [0.15, 0.2) is 72.9 Å². The molecule has 6 heteroatoms. The second kappa shape index (κ2) is 9.56. The molecule has 0 aliphatic heterocycles. The Labute approximate surface area is 186 Å². The van der Waals surface area contributed by atoms with E-state index in [0.717, 1.165) is 33.5 Å². The first-order chi connectivity index (χ1) is 15.6. The summed E-state index contributed by atoms with van der Waals surface area (Å²) < 4.78 is 24.9. The molecule has 0 bridgehead atoms. The Morgan fingerprint density at radius 2 is 1.69 bits per heavy atom. The molecule has 164 valence electrons. The fraction of sp³-hybridized carbons (Fsp3) is 0.192. The van der Waals surface area contributed by atoms with Crippen molar-refractivity contribution in [1.82, 2.24) is 9.88 Å². The van der Waals surface area contributed by atoms with Crippen molar-refractivity contribution in [2.24, 2.45) is 0 Å². The summed E-state index contributed by atoms with van der Waals surface area (Å²) in [5.41, 5.74) is 3.08. The van der Waals surface area contributed by atoms with Crippen molar-refractivity contribution < 1.29 is 18.7 Å². The van der Waals surface area contributed by atoms with Crippen LogP contribution in [0.5, 0.6) is 11.5 Å². The number of H-pyrrole nitrogens is 1. The minimum absolute atomic E-state index is 0.0709. The number of rotatable bonds is 8. The third-order valence-electron chi connectivity index (χ3n) is 5.55. The second-order valence-corrected chi connectivity index (χ2v) is 7.53. The summed E-state index contributed by atoms with van der Waals surface area (Å²) in [5.74, 6) is 0.662. The van der Waals surface area contributed by atoms with Crippen LogP contribution in [0.4, 0.5) is 4.39 Å². The van der Waals surface area contributed by atoms with E-state index in [4.69, 9.17) is 9.47 Å². The average molecular weight is 432 g/mol. The van der Waals surface area contributed by atoms with E-state index < -0.39 is 5.82 Å². The zero-order valence-corrected chi connectivity index (χ0v) is 18.1. The third kappa shape index (κ3) is 4.59. The van der Waals surface area contributed by atoms with Crippen LogP contribution in [-0.2, 0) is 13.0 Å². The summed E-state index contributed by atoms with van der Waals surface area (Å²) >= 11 is 0. The molecule has 0 aliphatic carbocycles. The van der Waals surface area contributed by atoms with Crippen LogP contribution in [0, 0.1) is 5.82 Å². The van der Waals surface area contributed by atoms with Crippen molar-refractivity contribution in [2.75, 3.05) is 20.8 Å². The van der Waals surface area contributed by atoms with E-state index in [2.05, 4.69) is 4.98 Å². The number of aromatic nitrogens is 1. The number of nitrogens with one attached hydrogen (secondary N) is 1. The fourth-order valence-corrected chi connectivity index (χ4v) is 3.76. The molecule has 1 aromatic heterocycles. The molecule has 3 aromatic carbocycles. The fourth-order valence-electron chi connectivity index (χ4n) is 3.76. The van der Waals surface area contributed by atoms with Gasteiger partial charge in [0.25, 0.3) is 5.91 Å². The predicted molar refractivity (Wildman–Crippen MR) is 123 cm³/mol. The summed E-state index contributed by atoms with van der Waals surface area (Å²) in [7, 11) is 3.25. The molecule has 1 N–H and O–H groups in total. The lowest BCUT2D eigenvalue weighted by Crippen LogP contribution is -2.33. The number of methoxy groups -OCH3 is 2. The van der Waals surface area contributed by atoms with Crippen molar-refractivity contribution in [3.63, 3.8) is 0 Å². The molecule has 4 rings (SSSR count). The molecule has 0 saturated heterocycles. The van der Waals surface area contributed by atoms with Crippen LogP contribution >= 0.6 is 0 Å². The van der Waals surface area contributed by atoms with Crippen LogP contribution in [0.25, 0.3) is 10.9 Å². The van der Waals surface area contributed by atoms with E-state index in [9.17, 15) is 9.18 Å². The Morgan fingerprint density at radius 3 is 2.41 bits per heavy atom. The van der Waals surface area contributed by atoms with Crippen LogP contribution in [0.3, 0.4) is 0 Å². The molecule has 0 unspecified atom stereocenters. The molecule has 1 heterocycles. The van der Waals surface area contributed by atoms with E-state index in [-0.39, 0.29) is 11.5 Å². The minimum atomic E-state index is -0.519.